The van der Waals surface area contributed by atoms with E-state index >= 15 is 0 Å². The monoisotopic (exact) mass is 444 g/mol. The van der Waals surface area contributed by atoms with E-state index in [0.717, 1.165) is 54.5 Å². The standard InChI is InChI=1S/C27H32N4O2/c32-18-2-3-20-6-10-23(11-7-20)30-24-5-1-4-22(19-24)26-15-17-29-27(31-26)28-16-14-21-8-12-25(33)13-9-21/h1,4-5,8-9,12-13,15,17-20,23,30,33H,2-3,6-7,10-11,14,16H2,(H,28,29,31). The van der Waals surface area contributed by atoms with Crippen LogP contribution in [-0.2, 0) is 11.2 Å². The van der Waals surface area contributed by atoms with Gasteiger partial charge < -0.3 is 20.5 Å². The smallest absolute Gasteiger partial charge is 0.223 e. The molecule has 1 aliphatic carbocycles. The van der Waals surface area contributed by atoms with Crippen molar-refractivity contribution in [2.75, 3.05) is 17.2 Å². The molecule has 4 rings (SSSR count). The number of hydrogen-bond donors (Lipinski definition) is 3. The van der Waals surface area contributed by atoms with Gasteiger partial charge in [-0.15, -0.1) is 0 Å². The highest BCUT2D eigenvalue weighted by Crippen LogP contribution is 2.30. The van der Waals surface area contributed by atoms with Gasteiger partial charge in [-0.3, -0.25) is 0 Å². The molecular weight excluding hydrogens is 412 g/mol. The highest BCUT2D eigenvalue weighted by atomic mass is 16.3. The summed E-state index contributed by atoms with van der Waals surface area (Å²) in [7, 11) is 0. The maximum absolute atomic E-state index is 10.6. The average Bonchev–Trinajstić information content (AvgIpc) is 2.85. The van der Waals surface area contributed by atoms with Gasteiger partial charge >= 0.3 is 0 Å². The molecule has 0 atom stereocenters. The number of carbonyl (C=O) groups excluding carboxylic acids is 1. The summed E-state index contributed by atoms with van der Waals surface area (Å²) in [6, 6.07) is 18.1. The van der Waals surface area contributed by atoms with E-state index in [9.17, 15) is 9.90 Å². The van der Waals surface area contributed by atoms with Gasteiger partial charge in [-0.05, 0) is 80.3 Å². The van der Waals surface area contributed by atoms with Gasteiger partial charge in [-0.2, -0.15) is 0 Å². The molecule has 0 unspecified atom stereocenters. The van der Waals surface area contributed by atoms with Crippen molar-refractivity contribution < 1.29 is 9.90 Å². The fourth-order valence-corrected chi connectivity index (χ4v) is 4.49. The first kappa shape index (κ1) is 22.8. The third kappa shape index (κ3) is 6.78. The van der Waals surface area contributed by atoms with Crippen LogP contribution in [0.3, 0.4) is 0 Å². The summed E-state index contributed by atoms with van der Waals surface area (Å²) < 4.78 is 0. The zero-order valence-corrected chi connectivity index (χ0v) is 18.9. The molecule has 172 valence electrons. The van der Waals surface area contributed by atoms with Crippen LogP contribution in [0.4, 0.5) is 11.6 Å². The summed E-state index contributed by atoms with van der Waals surface area (Å²) in [6.45, 7) is 0.714. The number of rotatable bonds is 10. The van der Waals surface area contributed by atoms with Crippen LogP contribution in [0.25, 0.3) is 11.3 Å². The molecule has 0 amide bonds. The van der Waals surface area contributed by atoms with Crippen LogP contribution in [0.15, 0.2) is 60.8 Å². The molecule has 1 aromatic heterocycles. The predicted molar refractivity (Wildman–Crippen MR) is 132 cm³/mol. The van der Waals surface area contributed by atoms with Gasteiger partial charge in [0, 0.05) is 36.5 Å². The lowest BCUT2D eigenvalue weighted by Gasteiger charge is -2.29. The summed E-state index contributed by atoms with van der Waals surface area (Å²) in [4.78, 5) is 19.7. The van der Waals surface area contributed by atoms with Gasteiger partial charge in [0.25, 0.3) is 0 Å². The first-order valence-corrected chi connectivity index (χ1v) is 11.8. The zero-order valence-electron chi connectivity index (χ0n) is 18.9. The number of anilines is 2. The molecule has 0 bridgehead atoms. The van der Waals surface area contributed by atoms with Crippen molar-refractivity contribution in [1.82, 2.24) is 9.97 Å². The number of aromatic nitrogens is 2. The van der Waals surface area contributed by atoms with Crippen molar-refractivity contribution in [2.24, 2.45) is 5.92 Å². The molecule has 1 saturated carbocycles. The summed E-state index contributed by atoms with van der Waals surface area (Å²) in [5.74, 6) is 1.58. The molecule has 0 spiro atoms. The number of aromatic hydroxyl groups is 1. The summed E-state index contributed by atoms with van der Waals surface area (Å²) in [5.41, 5.74) is 4.21. The molecule has 1 aliphatic rings. The Morgan fingerprint density at radius 2 is 1.85 bits per heavy atom. The number of nitrogens with one attached hydrogen (secondary N) is 2. The van der Waals surface area contributed by atoms with Crippen molar-refractivity contribution in [1.29, 1.82) is 0 Å². The third-order valence-electron chi connectivity index (χ3n) is 6.36. The van der Waals surface area contributed by atoms with E-state index in [0.29, 0.717) is 30.9 Å². The van der Waals surface area contributed by atoms with Gasteiger partial charge in [0.1, 0.15) is 12.0 Å². The van der Waals surface area contributed by atoms with Crippen LogP contribution in [-0.4, -0.2) is 33.9 Å². The molecule has 3 aromatic rings. The van der Waals surface area contributed by atoms with Crippen molar-refractivity contribution in [3.8, 4) is 17.0 Å². The number of nitrogens with zero attached hydrogens (tertiary/aromatic N) is 2. The number of carbonyl (C=O) groups is 1. The van der Waals surface area contributed by atoms with E-state index in [1.165, 1.54) is 12.8 Å². The largest absolute Gasteiger partial charge is 0.508 e. The van der Waals surface area contributed by atoms with E-state index in [-0.39, 0.29) is 5.75 Å². The van der Waals surface area contributed by atoms with E-state index in [2.05, 4.69) is 39.9 Å². The quantitative estimate of drug-likeness (QED) is 0.360. The Bertz CT molecular complexity index is 1030. The summed E-state index contributed by atoms with van der Waals surface area (Å²) in [5, 5.41) is 16.4. The Morgan fingerprint density at radius 1 is 1.03 bits per heavy atom. The molecule has 2 aromatic carbocycles. The minimum Gasteiger partial charge on any atom is -0.508 e. The van der Waals surface area contributed by atoms with Crippen LogP contribution in [0.2, 0.25) is 0 Å². The van der Waals surface area contributed by atoms with Crippen molar-refractivity contribution in [3.63, 3.8) is 0 Å². The SMILES string of the molecule is O=CCCC1CCC(Nc2cccc(-c3ccnc(NCCc4ccc(O)cc4)n3)c2)CC1. The Balaban J connectivity index is 1.32. The second kappa shape index (κ2) is 11.5. The van der Waals surface area contributed by atoms with Crippen molar-refractivity contribution in [2.45, 2.75) is 51.0 Å². The number of phenolic OH excluding ortho intramolecular Hbond substituents is 1. The van der Waals surface area contributed by atoms with E-state index in [1.807, 2.05) is 18.2 Å². The highest BCUT2D eigenvalue weighted by molar-refractivity contribution is 5.65. The van der Waals surface area contributed by atoms with Crippen molar-refractivity contribution >= 4 is 17.9 Å². The Labute approximate surface area is 195 Å². The number of benzene rings is 2. The molecular formula is C27H32N4O2. The molecule has 1 fully saturated rings. The van der Waals surface area contributed by atoms with Gasteiger partial charge in [-0.1, -0.05) is 24.3 Å². The second-order valence-electron chi connectivity index (χ2n) is 8.80. The summed E-state index contributed by atoms with van der Waals surface area (Å²) in [6.07, 6.45) is 10.1. The minimum atomic E-state index is 0.279. The van der Waals surface area contributed by atoms with Crippen LogP contribution in [0.5, 0.6) is 5.75 Å². The molecule has 3 N–H and O–H groups in total. The fourth-order valence-electron chi connectivity index (χ4n) is 4.49. The third-order valence-corrected chi connectivity index (χ3v) is 6.36. The molecule has 1 heterocycles. The lowest BCUT2D eigenvalue weighted by molar-refractivity contribution is -0.108. The predicted octanol–water partition coefficient (Wildman–Crippen LogP) is 5.45. The molecule has 0 aliphatic heterocycles. The topological polar surface area (TPSA) is 87.1 Å². The maximum Gasteiger partial charge on any atom is 0.223 e. The Kier molecular flexibility index (Phi) is 7.90. The number of phenols is 1. The lowest BCUT2D eigenvalue weighted by Crippen LogP contribution is -2.26. The normalized spacial score (nSPS) is 17.9. The molecule has 33 heavy (non-hydrogen) atoms. The van der Waals surface area contributed by atoms with Crippen LogP contribution >= 0.6 is 0 Å². The first-order valence-electron chi connectivity index (χ1n) is 11.8. The van der Waals surface area contributed by atoms with Gasteiger partial charge in [0.05, 0.1) is 5.69 Å². The average molecular weight is 445 g/mol. The van der Waals surface area contributed by atoms with Crippen LogP contribution < -0.4 is 10.6 Å². The Morgan fingerprint density at radius 3 is 2.64 bits per heavy atom. The fraction of sp³-hybridized carbons (Fsp3) is 0.370. The Hall–Kier alpha value is -3.41. The minimum absolute atomic E-state index is 0.279. The number of hydrogen-bond acceptors (Lipinski definition) is 6. The van der Waals surface area contributed by atoms with Crippen LogP contribution in [0, 0.1) is 5.92 Å². The van der Waals surface area contributed by atoms with Gasteiger partial charge in [0.15, 0.2) is 0 Å². The molecule has 6 heteroatoms. The van der Waals surface area contributed by atoms with Gasteiger partial charge in [0.2, 0.25) is 5.95 Å². The second-order valence-corrected chi connectivity index (χ2v) is 8.80. The van der Waals surface area contributed by atoms with Gasteiger partial charge in [-0.25, -0.2) is 9.97 Å². The summed E-state index contributed by atoms with van der Waals surface area (Å²) >= 11 is 0. The highest BCUT2D eigenvalue weighted by Gasteiger charge is 2.20. The van der Waals surface area contributed by atoms with E-state index in [4.69, 9.17) is 4.98 Å². The molecule has 0 radical (unpaired) electrons. The molecule has 0 saturated heterocycles. The molecule has 6 nitrogen and oxygen atoms in total. The van der Waals surface area contributed by atoms with Crippen molar-refractivity contribution in [3.05, 3.63) is 66.4 Å². The zero-order chi connectivity index (χ0) is 22.9. The lowest BCUT2D eigenvalue weighted by atomic mass is 9.83. The first-order chi connectivity index (χ1) is 16.2. The van der Waals surface area contributed by atoms with E-state index in [1.54, 1.807) is 18.3 Å². The van der Waals surface area contributed by atoms with Crippen LogP contribution in [0.1, 0.15) is 44.1 Å². The maximum atomic E-state index is 10.6. The number of aldehydes is 1. The van der Waals surface area contributed by atoms with E-state index < -0.39 is 0 Å².